The predicted molar refractivity (Wildman–Crippen MR) is 205 cm³/mol. The zero-order chi connectivity index (χ0) is 43.5. The first-order chi connectivity index (χ1) is 28.4. The van der Waals surface area contributed by atoms with E-state index < -0.39 is 20.5 Å². The summed E-state index contributed by atoms with van der Waals surface area (Å²) in [7, 11) is -9.89. The Morgan fingerprint density at radius 2 is 0.672 bits per heavy atom. The predicted octanol–water partition coefficient (Wildman–Crippen LogP) is -0.788. The Kier molecular flexibility index (Phi) is 18.2. The van der Waals surface area contributed by atoms with Gasteiger partial charge >= 0.3 is 26.8 Å². The number of benzene rings is 4. The van der Waals surface area contributed by atoms with Crippen molar-refractivity contribution in [2.75, 3.05) is 0 Å². The number of rotatable bonds is 6. The number of pyridine rings is 2. The monoisotopic (exact) mass is 978 g/mol. The van der Waals surface area contributed by atoms with E-state index in [2.05, 4.69) is 140 Å². The summed E-state index contributed by atoms with van der Waals surface area (Å²) in [4.78, 5) is 0. The summed E-state index contributed by atoms with van der Waals surface area (Å²) in [6.45, 7) is 4.17. The van der Waals surface area contributed by atoms with E-state index in [0.29, 0.717) is 8.68 Å². The van der Waals surface area contributed by atoms with Gasteiger partial charge in [0.2, 0.25) is 0 Å². The molecule has 4 aromatic heterocycles. The molecule has 0 unspecified atom stereocenters. The summed E-state index contributed by atoms with van der Waals surface area (Å²) < 4.78 is 73.3. The molecule has 0 saturated carbocycles. The largest absolute Gasteiger partial charge is 2.00 e. The molecule has 8 aromatic rings. The Morgan fingerprint density at radius 1 is 0.410 bits per heavy atom. The minimum atomic E-state index is -4.94. The van der Waals surface area contributed by atoms with Crippen molar-refractivity contribution in [2.45, 2.75) is 22.5 Å². The second-order valence-electron chi connectivity index (χ2n) is 12.1. The van der Waals surface area contributed by atoms with Gasteiger partial charge in [0, 0.05) is 19.8 Å². The molecular formula is C40H30Cl2N6NiO8S4. The average Bonchev–Trinajstić information content (AvgIpc) is 3.85. The summed E-state index contributed by atoms with van der Waals surface area (Å²) >= 11 is 13.2. The van der Waals surface area contributed by atoms with Crippen molar-refractivity contribution in [2.24, 2.45) is 0 Å². The van der Waals surface area contributed by atoms with E-state index in [1.807, 2.05) is 48.5 Å². The maximum Gasteiger partial charge on any atom is 2.00 e. The molecule has 0 radical (unpaired) electrons. The fraction of sp³-hybridized carbons (Fsp3) is 0.0500. The second kappa shape index (κ2) is 22.5. The van der Waals surface area contributed by atoms with E-state index in [1.54, 1.807) is 0 Å². The van der Waals surface area contributed by atoms with E-state index in [1.165, 1.54) is 44.9 Å². The summed E-state index contributed by atoms with van der Waals surface area (Å²) in [6, 6.07) is 50.2. The number of aryl methyl sites for hydroxylation is 2. The molecule has 0 amide bonds. The van der Waals surface area contributed by atoms with Gasteiger partial charge in [0.15, 0.2) is 0 Å². The zero-order valence-electron chi connectivity index (χ0n) is 31.5. The van der Waals surface area contributed by atoms with E-state index in [9.17, 15) is 0 Å². The molecule has 61 heavy (non-hydrogen) atoms. The van der Waals surface area contributed by atoms with Crippen LogP contribution >= 0.6 is 22.7 Å². The fourth-order valence-corrected chi connectivity index (χ4v) is 7.63. The SMILES string of the molecule is Cc1cc(-c2ccccc2)cc(-c2ccccc2)[n+]1-c1nnc([S-])s1.Cc1cc(-c2ccccc2)cc(-c2ccccc2)[n+]1-c1nnc([S-])s1.[Ni+2].[O-][Cl+3]([O-])([O-])[O-].[O-][Cl+3]([O-])([O-])[O-]. The van der Waals surface area contributed by atoms with E-state index >= 15 is 0 Å². The van der Waals surface area contributed by atoms with Crippen molar-refractivity contribution >= 4 is 47.9 Å². The molecule has 0 spiro atoms. The third-order valence-corrected chi connectivity index (χ3v) is 10.1. The molecule has 316 valence electrons. The fourth-order valence-electron chi connectivity index (χ4n) is 5.80. The van der Waals surface area contributed by atoms with Gasteiger partial charge in [-0.2, -0.15) is 9.13 Å². The number of aromatic nitrogens is 6. The van der Waals surface area contributed by atoms with Gasteiger partial charge in [0.25, 0.3) is 0 Å². The molecule has 0 aliphatic rings. The molecule has 0 bridgehead atoms. The van der Waals surface area contributed by atoms with Crippen LogP contribution in [-0.2, 0) is 41.7 Å². The summed E-state index contributed by atoms with van der Waals surface area (Å²) in [5.41, 5.74) is 11.3. The Morgan fingerprint density at radius 3 is 0.918 bits per heavy atom. The van der Waals surface area contributed by atoms with Crippen molar-refractivity contribution in [3.63, 3.8) is 0 Å². The van der Waals surface area contributed by atoms with Crippen LogP contribution in [-0.4, -0.2) is 20.4 Å². The Labute approximate surface area is 383 Å². The van der Waals surface area contributed by atoms with Crippen LogP contribution in [0.3, 0.4) is 0 Å². The maximum absolute atomic E-state index is 8.49. The topological polar surface area (TPSA) is 244 Å². The first-order valence-corrected chi connectivity index (χ1v) is 22.0. The van der Waals surface area contributed by atoms with Gasteiger partial charge in [-0.15, -0.1) is 20.5 Å². The Balaban J connectivity index is 0.000000217. The normalized spacial score (nSPS) is 10.8. The minimum absolute atomic E-state index is 0. The number of hydrogen-bond acceptors (Lipinski definition) is 16. The van der Waals surface area contributed by atoms with Crippen molar-refractivity contribution in [1.29, 1.82) is 0 Å². The Bertz CT molecular complexity index is 2420. The van der Waals surface area contributed by atoms with Gasteiger partial charge in [-0.1, -0.05) is 132 Å². The summed E-state index contributed by atoms with van der Waals surface area (Å²) in [5, 5.41) is 18.1. The summed E-state index contributed by atoms with van der Waals surface area (Å²) in [6.07, 6.45) is 0. The first kappa shape index (κ1) is 49.2. The summed E-state index contributed by atoms with van der Waals surface area (Å²) in [5.74, 6) is 0. The molecule has 14 nitrogen and oxygen atoms in total. The van der Waals surface area contributed by atoms with Crippen molar-refractivity contribution in [3.05, 3.63) is 157 Å². The second-order valence-corrected chi connectivity index (χ2v) is 16.8. The molecule has 0 atom stereocenters. The van der Waals surface area contributed by atoms with Gasteiger partial charge in [-0.25, -0.2) is 37.3 Å². The third-order valence-electron chi connectivity index (χ3n) is 8.03. The number of hydrogen-bond donors (Lipinski definition) is 0. The van der Waals surface area contributed by atoms with Crippen LogP contribution in [0.1, 0.15) is 11.4 Å². The first-order valence-electron chi connectivity index (χ1n) is 17.0. The molecular weight excluding hydrogens is 950 g/mol. The molecule has 4 heterocycles. The van der Waals surface area contributed by atoms with Crippen LogP contribution < -0.4 is 46.4 Å². The van der Waals surface area contributed by atoms with E-state index in [0.717, 1.165) is 44.2 Å². The van der Waals surface area contributed by atoms with Crippen LogP contribution in [0.4, 0.5) is 0 Å². The van der Waals surface area contributed by atoms with Crippen molar-refractivity contribution in [1.82, 2.24) is 20.4 Å². The molecule has 0 aliphatic carbocycles. The van der Waals surface area contributed by atoms with Crippen molar-refractivity contribution < 1.29 is 83.4 Å². The molecule has 21 heteroatoms. The van der Waals surface area contributed by atoms with Gasteiger partial charge < -0.3 is 25.3 Å². The average molecular weight is 981 g/mol. The smallest absolute Gasteiger partial charge is 0.404 e. The van der Waals surface area contributed by atoms with Crippen LogP contribution in [0.5, 0.6) is 0 Å². The van der Waals surface area contributed by atoms with Gasteiger partial charge in [0.1, 0.15) is 22.8 Å². The molecule has 0 fully saturated rings. The molecule has 4 aromatic carbocycles. The molecule has 0 saturated heterocycles. The van der Waals surface area contributed by atoms with Crippen LogP contribution in [0.25, 0.3) is 55.0 Å². The van der Waals surface area contributed by atoms with Gasteiger partial charge in [0.05, 0.1) is 10.2 Å². The van der Waals surface area contributed by atoms with Gasteiger partial charge in [-0.3, -0.25) is 22.7 Å². The Hall–Kier alpha value is -4.51. The molecule has 0 N–H and O–H groups in total. The quantitative estimate of drug-likeness (QED) is 0.113. The third kappa shape index (κ3) is 15.4. The van der Waals surface area contributed by atoms with Crippen LogP contribution in [0.15, 0.2) is 154 Å². The van der Waals surface area contributed by atoms with Crippen LogP contribution in [0.2, 0.25) is 0 Å². The number of halogens is 2. The van der Waals surface area contributed by atoms with E-state index in [-0.39, 0.29) is 16.5 Å². The number of nitrogens with zero attached hydrogens (tertiary/aromatic N) is 6. The standard InChI is InChI=1S/2C20H15N3S2.2ClHO4.Ni/c2*1-14-12-17(15-8-4-2-5-9-15)13-18(16-10-6-3-7-11-16)23(14)19-21-22-20(24)25-19;2*2-1(3,4)5;/h2*2-13H,1H3;2*(H,2,3,4,5);/q;;;;+2/p-2. The maximum atomic E-state index is 8.49. The van der Waals surface area contributed by atoms with Gasteiger partial charge in [-0.05, 0) is 60.4 Å². The zero-order valence-corrected chi connectivity index (χ0v) is 37.3. The van der Waals surface area contributed by atoms with Crippen molar-refractivity contribution in [3.8, 4) is 55.0 Å². The molecule has 0 aliphatic heterocycles. The van der Waals surface area contributed by atoms with E-state index in [4.69, 9.17) is 62.5 Å². The molecule has 8 rings (SSSR count). The van der Waals surface area contributed by atoms with Crippen LogP contribution in [0, 0.1) is 34.3 Å². The minimum Gasteiger partial charge on any atom is -0.404 e.